The van der Waals surface area contributed by atoms with Gasteiger partial charge < -0.3 is 9.90 Å². The second kappa shape index (κ2) is 5.05. The molecule has 0 saturated carbocycles. The number of carbonyl (C=O) groups is 2. The SMILES string of the molecule is O=CCC=Cc1cccc(C(=O)O)c1F. The van der Waals surface area contributed by atoms with Gasteiger partial charge >= 0.3 is 5.97 Å². The molecule has 0 bridgehead atoms. The molecule has 1 N–H and O–H groups in total. The van der Waals surface area contributed by atoms with Crippen molar-refractivity contribution in [1.82, 2.24) is 0 Å². The third kappa shape index (κ3) is 2.74. The molecule has 0 aliphatic carbocycles. The van der Waals surface area contributed by atoms with E-state index in [1.165, 1.54) is 30.4 Å². The number of halogens is 1. The van der Waals surface area contributed by atoms with Crippen LogP contribution in [0.5, 0.6) is 0 Å². The Bertz CT molecular complexity index is 410. The molecule has 15 heavy (non-hydrogen) atoms. The number of hydrogen-bond donors (Lipinski definition) is 1. The van der Waals surface area contributed by atoms with E-state index in [2.05, 4.69) is 0 Å². The van der Waals surface area contributed by atoms with Gasteiger partial charge in [0.25, 0.3) is 0 Å². The van der Waals surface area contributed by atoms with Crippen LogP contribution in [0.4, 0.5) is 4.39 Å². The van der Waals surface area contributed by atoms with Crippen LogP contribution in [0.25, 0.3) is 6.08 Å². The van der Waals surface area contributed by atoms with Crippen molar-refractivity contribution in [3.8, 4) is 0 Å². The summed E-state index contributed by atoms with van der Waals surface area (Å²) in [6.07, 6.45) is 3.71. The van der Waals surface area contributed by atoms with Gasteiger partial charge in [-0.2, -0.15) is 0 Å². The fourth-order valence-electron chi connectivity index (χ4n) is 1.09. The minimum absolute atomic E-state index is 0.164. The van der Waals surface area contributed by atoms with Crippen molar-refractivity contribution < 1.29 is 19.1 Å². The van der Waals surface area contributed by atoms with Crippen LogP contribution in [0, 0.1) is 5.82 Å². The highest BCUT2D eigenvalue weighted by atomic mass is 19.1. The number of carboxylic acids is 1. The number of hydrogen-bond acceptors (Lipinski definition) is 2. The van der Waals surface area contributed by atoms with Crippen molar-refractivity contribution in [2.75, 3.05) is 0 Å². The first-order chi connectivity index (χ1) is 7.16. The van der Waals surface area contributed by atoms with Gasteiger partial charge in [0.15, 0.2) is 0 Å². The third-order valence-corrected chi connectivity index (χ3v) is 1.79. The molecule has 0 saturated heterocycles. The zero-order valence-corrected chi connectivity index (χ0v) is 7.81. The monoisotopic (exact) mass is 208 g/mol. The second-order valence-electron chi connectivity index (χ2n) is 2.82. The van der Waals surface area contributed by atoms with E-state index >= 15 is 0 Å². The molecule has 78 valence electrons. The summed E-state index contributed by atoms with van der Waals surface area (Å²) in [6, 6.07) is 4.09. The van der Waals surface area contributed by atoms with Crippen LogP contribution in [0.1, 0.15) is 22.3 Å². The molecular formula is C11H9FO3. The minimum Gasteiger partial charge on any atom is -0.478 e. The van der Waals surface area contributed by atoms with Gasteiger partial charge in [-0.25, -0.2) is 9.18 Å². The molecule has 0 aliphatic heterocycles. The number of carboxylic acid groups (broad SMARTS) is 1. The first kappa shape index (κ1) is 11.1. The van der Waals surface area contributed by atoms with E-state index in [0.717, 1.165) is 0 Å². The number of aromatic carboxylic acids is 1. The summed E-state index contributed by atoms with van der Waals surface area (Å²) < 4.78 is 13.4. The molecule has 0 amide bonds. The standard InChI is InChI=1S/C11H9FO3/c12-10-8(4-1-2-7-13)5-3-6-9(10)11(14)15/h1,3-7H,2H2,(H,14,15). The highest BCUT2D eigenvalue weighted by molar-refractivity contribution is 5.88. The van der Waals surface area contributed by atoms with Gasteiger partial charge in [-0.15, -0.1) is 0 Å². The van der Waals surface area contributed by atoms with E-state index in [9.17, 15) is 14.0 Å². The predicted molar refractivity (Wildman–Crippen MR) is 53.1 cm³/mol. The third-order valence-electron chi connectivity index (χ3n) is 1.79. The Morgan fingerprint density at radius 2 is 2.20 bits per heavy atom. The molecule has 0 aromatic heterocycles. The molecule has 0 fully saturated rings. The number of benzene rings is 1. The molecular weight excluding hydrogens is 199 g/mol. The summed E-state index contributed by atoms with van der Waals surface area (Å²) in [5, 5.41) is 8.64. The van der Waals surface area contributed by atoms with Crippen molar-refractivity contribution in [3.63, 3.8) is 0 Å². The zero-order valence-electron chi connectivity index (χ0n) is 7.81. The fourth-order valence-corrected chi connectivity index (χ4v) is 1.09. The Labute approximate surface area is 85.8 Å². The number of aldehydes is 1. The van der Waals surface area contributed by atoms with E-state index in [4.69, 9.17) is 5.11 Å². The van der Waals surface area contributed by atoms with E-state index in [-0.39, 0.29) is 17.5 Å². The lowest BCUT2D eigenvalue weighted by molar-refractivity contribution is -0.107. The number of rotatable bonds is 4. The van der Waals surface area contributed by atoms with Crippen molar-refractivity contribution >= 4 is 18.3 Å². The first-order valence-corrected chi connectivity index (χ1v) is 4.28. The average molecular weight is 208 g/mol. The molecule has 3 nitrogen and oxygen atoms in total. The lowest BCUT2D eigenvalue weighted by Crippen LogP contribution is -2.01. The molecule has 1 rings (SSSR count). The molecule has 4 heteroatoms. The lowest BCUT2D eigenvalue weighted by atomic mass is 10.1. The minimum atomic E-state index is -1.31. The van der Waals surface area contributed by atoms with E-state index in [1.54, 1.807) is 0 Å². The molecule has 0 unspecified atom stereocenters. The Kier molecular flexibility index (Phi) is 3.74. The fraction of sp³-hybridized carbons (Fsp3) is 0.0909. The topological polar surface area (TPSA) is 54.4 Å². The molecule has 1 aromatic carbocycles. The summed E-state index contributed by atoms with van der Waals surface area (Å²) in [6.45, 7) is 0. The molecule has 1 aromatic rings. The summed E-state index contributed by atoms with van der Waals surface area (Å²) in [4.78, 5) is 20.6. The number of allylic oxidation sites excluding steroid dienone is 1. The summed E-state index contributed by atoms with van der Waals surface area (Å²) in [5.41, 5.74) is -0.208. The Morgan fingerprint density at radius 1 is 1.47 bits per heavy atom. The molecule has 0 aliphatic rings. The van der Waals surface area contributed by atoms with Crippen LogP contribution in [0.2, 0.25) is 0 Å². The van der Waals surface area contributed by atoms with Gasteiger partial charge in [-0.3, -0.25) is 0 Å². The maximum atomic E-state index is 13.4. The smallest absolute Gasteiger partial charge is 0.338 e. The Balaban J connectivity index is 3.04. The first-order valence-electron chi connectivity index (χ1n) is 4.28. The van der Waals surface area contributed by atoms with E-state index in [1.807, 2.05) is 0 Å². The van der Waals surface area contributed by atoms with Crippen LogP contribution in [-0.4, -0.2) is 17.4 Å². The van der Waals surface area contributed by atoms with Crippen LogP contribution in [-0.2, 0) is 4.79 Å². The predicted octanol–water partition coefficient (Wildman–Crippen LogP) is 2.13. The van der Waals surface area contributed by atoms with Gasteiger partial charge in [0, 0.05) is 12.0 Å². The average Bonchev–Trinajstić information content (AvgIpc) is 2.20. The molecule has 0 heterocycles. The summed E-state index contributed by atoms with van der Waals surface area (Å²) in [7, 11) is 0. The van der Waals surface area contributed by atoms with Crippen LogP contribution in [0.3, 0.4) is 0 Å². The van der Waals surface area contributed by atoms with Gasteiger partial charge in [0.2, 0.25) is 0 Å². The van der Waals surface area contributed by atoms with Crippen LogP contribution in [0.15, 0.2) is 24.3 Å². The molecule has 0 radical (unpaired) electrons. The van der Waals surface area contributed by atoms with Crippen molar-refractivity contribution in [2.24, 2.45) is 0 Å². The van der Waals surface area contributed by atoms with Crippen molar-refractivity contribution in [1.29, 1.82) is 0 Å². The summed E-state index contributed by atoms with van der Waals surface area (Å²) in [5.74, 6) is -2.09. The normalized spacial score (nSPS) is 10.5. The quantitative estimate of drug-likeness (QED) is 0.771. The van der Waals surface area contributed by atoms with Crippen LogP contribution < -0.4 is 0 Å². The Hall–Kier alpha value is -1.97. The molecule has 0 spiro atoms. The van der Waals surface area contributed by atoms with E-state index in [0.29, 0.717) is 6.29 Å². The second-order valence-corrected chi connectivity index (χ2v) is 2.82. The van der Waals surface area contributed by atoms with Gasteiger partial charge in [-0.05, 0) is 6.07 Å². The van der Waals surface area contributed by atoms with Gasteiger partial charge in [-0.1, -0.05) is 24.3 Å². The molecule has 0 atom stereocenters. The highest BCUT2D eigenvalue weighted by Gasteiger charge is 2.11. The van der Waals surface area contributed by atoms with Gasteiger partial charge in [0.1, 0.15) is 12.1 Å². The van der Waals surface area contributed by atoms with Crippen molar-refractivity contribution in [2.45, 2.75) is 6.42 Å². The maximum Gasteiger partial charge on any atom is 0.338 e. The maximum absolute atomic E-state index is 13.4. The van der Waals surface area contributed by atoms with Crippen LogP contribution >= 0.6 is 0 Å². The van der Waals surface area contributed by atoms with Gasteiger partial charge in [0.05, 0.1) is 5.56 Å². The zero-order chi connectivity index (χ0) is 11.3. The van der Waals surface area contributed by atoms with E-state index < -0.39 is 11.8 Å². The largest absolute Gasteiger partial charge is 0.478 e. The lowest BCUT2D eigenvalue weighted by Gasteiger charge is -2.00. The van der Waals surface area contributed by atoms with Crippen molar-refractivity contribution in [3.05, 3.63) is 41.2 Å². The summed E-state index contributed by atoms with van der Waals surface area (Å²) >= 11 is 0. The number of carbonyl (C=O) groups excluding carboxylic acids is 1. The highest BCUT2D eigenvalue weighted by Crippen LogP contribution is 2.14. The Morgan fingerprint density at radius 3 is 2.80 bits per heavy atom.